The van der Waals surface area contributed by atoms with E-state index in [1.807, 2.05) is 6.07 Å². The van der Waals surface area contributed by atoms with Gasteiger partial charge in [-0.1, -0.05) is 12.1 Å². The molecule has 0 saturated heterocycles. The molecule has 0 amide bonds. The third kappa shape index (κ3) is 2.25. The van der Waals surface area contributed by atoms with Crippen molar-refractivity contribution in [3.8, 4) is 0 Å². The van der Waals surface area contributed by atoms with Crippen molar-refractivity contribution in [3.05, 3.63) is 34.4 Å². The largest absolute Gasteiger partial charge is 0.468 e. The Bertz CT molecular complexity index is 608. The Morgan fingerprint density at radius 3 is 2.89 bits per heavy atom. The van der Waals surface area contributed by atoms with Gasteiger partial charge in [-0.3, -0.25) is 14.9 Å². The minimum Gasteiger partial charge on any atom is -0.468 e. The normalized spacial score (nSPS) is 10.3. The monoisotopic (exact) mass is 266 g/mol. The van der Waals surface area contributed by atoms with Crippen LogP contribution in [0.25, 0.3) is 10.1 Å². The molecule has 6 nitrogen and oxygen atoms in total. The average Bonchev–Trinajstić information content (AvgIpc) is 2.74. The summed E-state index contributed by atoms with van der Waals surface area (Å²) in [5.41, 5.74) is -0.000460. The van der Waals surface area contributed by atoms with Crippen LogP contribution in [0.3, 0.4) is 0 Å². The Labute approximate surface area is 106 Å². The van der Waals surface area contributed by atoms with Gasteiger partial charge in [0.15, 0.2) is 5.00 Å². The van der Waals surface area contributed by atoms with Gasteiger partial charge < -0.3 is 10.1 Å². The van der Waals surface area contributed by atoms with Crippen LogP contribution in [0.2, 0.25) is 0 Å². The van der Waals surface area contributed by atoms with E-state index in [4.69, 9.17) is 0 Å². The number of nitrogens with one attached hydrogen (secondary N) is 1. The quantitative estimate of drug-likeness (QED) is 0.522. The summed E-state index contributed by atoms with van der Waals surface area (Å²) >= 11 is 1.24. The standard InChI is InChI=1S/C11H10N2O4S/c1-17-9(14)6-12-11-10(13(15)16)7-4-2-3-5-8(7)18-11/h2-5,12H,6H2,1H3. The number of anilines is 1. The Morgan fingerprint density at radius 2 is 2.22 bits per heavy atom. The Hall–Kier alpha value is -2.15. The van der Waals surface area contributed by atoms with Gasteiger partial charge in [-0.15, -0.1) is 11.3 Å². The number of fused-ring (bicyclic) bond motifs is 1. The minimum absolute atomic E-state index is 0.000460. The van der Waals surface area contributed by atoms with Crippen molar-refractivity contribution in [2.45, 2.75) is 0 Å². The number of nitro groups is 1. The summed E-state index contributed by atoms with van der Waals surface area (Å²) in [4.78, 5) is 21.7. The van der Waals surface area contributed by atoms with Gasteiger partial charge in [0.05, 0.1) is 17.4 Å². The van der Waals surface area contributed by atoms with Crippen LogP contribution in [0.1, 0.15) is 0 Å². The fourth-order valence-electron chi connectivity index (χ4n) is 1.56. The molecule has 94 valence electrons. The lowest BCUT2D eigenvalue weighted by atomic mass is 10.2. The highest BCUT2D eigenvalue weighted by Gasteiger charge is 2.22. The molecule has 0 spiro atoms. The maximum Gasteiger partial charge on any atom is 0.325 e. The van der Waals surface area contributed by atoms with E-state index in [1.54, 1.807) is 18.2 Å². The van der Waals surface area contributed by atoms with Crippen molar-refractivity contribution in [3.63, 3.8) is 0 Å². The second-order valence-electron chi connectivity index (χ2n) is 3.46. The number of thiophene rings is 1. The Kier molecular flexibility index (Phi) is 3.42. The van der Waals surface area contributed by atoms with E-state index < -0.39 is 10.9 Å². The lowest BCUT2D eigenvalue weighted by Gasteiger charge is -2.01. The van der Waals surface area contributed by atoms with E-state index in [2.05, 4.69) is 10.1 Å². The van der Waals surface area contributed by atoms with Crippen LogP contribution in [0, 0.1) is 10.1 Å². The second-order valence-corrected chi connectivity index (χ2v) is 4.51. The molecule has 0 aliphatic heterocycles. The number of methoxy groups -OCH3 is 1. The number of hydrogen-bond acceptors (Lipinski definition) is 6. The fraction of sp³-hybridized carbons (Fsp3) is 0.182. The van der Waals surface area contributed by atoms with Gasteiger partial charge >= 0.3 is 11.7 Å². The van der Waals surface area contributed by atoms with E-state index in [0.29, 0.717) is 10.4 Å². The van der Waals surface area contributed by atoms with Crippen LogP contribution in [-0.2, 0) is 9.53 Å². The molecule has 0 aliphatic rings. The van der Waals surface area contributed by atoms with Crippen LogP contribution in [-0.4, -0.2) is 24.5 Å². The van der Waals surface area contributed by atoms with Crippen molar-refractivity contribution in [2.75, 3.05) is 19.0 Å². The van der Waals surface area contributed by atoms with Gasteiger partial charge in [0.25, 0.3) is 0 Å². The van der Waals surface area contributed by atoms with Crippen molar-refractivity contribution in [1.29, 1.82) is 0 Å². The van der Waals surface area contributed by atoms with E-state index in [1.165, 1.54) is 18.4 Å². The van der Waals surface area contributed by atoms with E-state index in [0.717, 1.165) is 4.70 Å². The molecular weight excluding hydrogens is 256 g/mol. The molecule has 2 rings (SSSR count). The van der Waals surface area contributed by atoms with E-state index in [9.17, 15) is 14.9 Å². The van der Waals surface area contributed by atoms with Crippen molar-refractivity contribution >= 4 is 38.1 Å². The Morgan fingerprint density at radius 1 is 1.50 bits per heavy atom. The first kappa shape index (κ1) is 12.3. The minimum atomic E-state index is -0.471. The Balaban J connectivity index is 2.40. The van der Waals surface area contributed by atoms with Crippen LogP contribution in [0.4, 0.5) is 10.7 Å². The molecule has 1 N–H and O–H groups in total. The lowest BCUT2D eigenvalue weighted by Crippen LogP contribution is -2.14. The summed E-state index contributed by atoms with van der Waals surface area (Å²) in [6.45, 7) is -0.0931. The maximum absolute atomic E-state index is 11.1. The predicted octanol–water partition coefficient (Wildman–Crippen LogP) is 2.39. The number of hydrogen-bond donors (Lipinski definition) is 1. The van der Waals surface area contributed by atoms with Gasteiger partial charge in [-0.05, 0) is 12.1 Å². The first-order chi connectivity index (χ1) is 8.63. The molecule has 0 aliphatic carbocycles. The first-order valence-electron chi connectivity index (χ1n) is 5.10. The molecule has 0 saturated carbocycles. The molecule has 0 fully saturated rings. The molecular formula is C11H10N2O4S. The molecule has 0 bridgehead atoms. The van der Waals surface area contributed by atoms with Crippen LogP contribution in [0.5, 0.6) is 0 Å². The predicted molar refractivity (Wildman–Crippen MR) is 69.0 cm³/mol. The summed E-state index contributed by atoms with van der Waals surface area (Å²) in [5, 5.41) is 14.7. The number of benzene rings is 1. The summed E-state index contributed by atoms with van der Waals surface area (Å²) in [7, 11) is 1.27. The van der Waals surface area contributed by atoms with Gasteiger partial charge in [0.2, 0.25) is 0 Å². The zero-order chi connectivity index (χ0) is 13.1. The lowest BCUT2D eigenvalue weighted by molar-refractivity contribution is -0.381. The summed E-state index contributed by atoms with van der Waals surface area (Å²) in [5.74, 6) is -0.471. The topological polar surface area (TPSA) is 81.5 Å². The summed E-state index contributed by atoms with van der Waals surface area (Å²) in [6.07, 6.45) is 0. The maximum atomic E-state index is 11.1. The van der Waals surface area contributed by atoms with Crippen molar-refractivity contribution < 1.29 is 14.5 Å². The number of carbonyl (C=O) groups is 1. The smallest absolute Gasteiger partial charge is 0.325 e. The molecule has 7 heteroatoms. The van der Waals surface area contributed by atoms with E-state index >= 15 is 0 Å². The third-order valence-electron chi connectivity index (χ3n) is 2.37. The highest BCUT2D eigenvalue weighted by Crippen LogP contribution is 2.41. The zero-order valence-corrected chi connectivity index (χ0v) is 10.3. The van der Waals surface area contributed by atoms with Gasteiger partial charge in [0, 0.05) is 4.70 Å². The fourth-order valence-corrected chi connectivity index (χ4v) is 2.62. The van der Waals surface area contributed by atoms with Crippen molar-refractivity contribution in [2.24, 2.45) is 0 Å². The highest BCUT2D eigenvalue weighted by atomic mass is 32.1. The summed E-state index contributed by atoms with van der Waals surface area (Å²) < 4.78 is 5.28. The van der Waals surface area contributed by atoms with Crippen LogP contribution >= 0.6 is 11.3 Å². The highest BCUT2D eigenvalue weighted by molar-refractivity contribution is 7.23. The van der Waals surface area contributed by atoms with Gasteiger partial charge in [0.1, 0.15) is 6.54 Å². The number of ether oxygens (including phenoxy) is 1. The molecule has 0 radical (unpaired) electrons. The molecule has 1 aromatic heterocycles. The average molecular weight is 266 g/mol. The molecule has 18 heavy (non-hydrogen) atoms. The van der Waals surface area contributed by atoms with Gasteiger partial charge in [-0.2, -0.15) is 0 Å². The van der Waals surface area contributed by atoms with Gasteiger partial charge in [-0.25, -0.2) is 0 Å². The number of carbonyl (C=O) groups excluding carboxylic acids is 1. The van der Waals surface area contributed by atoms with E-state index in [-0.39, 0.29) is 12.2 Å². The molecule has 2 aromatic rings. The number of nitrogens with zero attached hydrogens (tertiary/aromatic N) is 1. The number of esters is 1. The van der Waals surface area contributed by atoms with Crippen molar-refractivity contribution in [1.82, 2.24) is 0 Å². The summed E-state index contributed by atoms with van der Waals surface area (Å²) in [6, 6.07) is 7.04. The molecule has 0 unspecified atom stereocenters. The van der Waals surface area contributed by atoms with Crippen LogP contribution in [0.15, 0.2) is 24.3 Å². The zero-order valence-electron chi connectivity index (χ0n) is 9.50. The molecule has 0 atom stereocenters. The van der Waals surface area contributed by atoms with Crippen LogP contribution < -0.4 is 5.32 Å². The SMILES string of the molecule is COC(=O)CNc1sc2ccccc2c1[N+](=O)[O-]. The molecule has 1 aromatic carbocycles. The molecule has 1 heterocycles. The second kappa shape index (κ2) is 5.01. The first-order valence-corrected chi connectivity index (χ1v) is 5.91. The third-order valence-corrected chi connectivity index (χ3v) is 3.49. The number of rotatable bonds is 4.